The third kappa shape index (κ3) is 10.1. The smallest absolute Gasteiger partial charge is 0.325 e. The molecular formula is C43H57ClFN3O6. The summed E-state index contributed by atoms with van der Waals surface area (Å²) in [5.41, 5.74) is 7.20. The van der Waals surface area contributed by atoms with Gasteiger partial charge in [0.1, 0.15) is 28.5 Å². The number of unbranched alkanes of at least 4 members (excludes halogenated alkanes) is 1. The molecule has 0 radical (unpaired) electrons. The minimum absolute atomic E-state index is 0.0340. The number of carbonyl (C=O) groups is 1. The highest BCUT2D eigenvalue weighted by Crippen LogP contribution is 2.37. The van der Waals surface area contributed by atoms with Crippen LogP contribution in [0.5, 0.6) is 11.5 Å². The van der Waals surface area contributed by atoms with Crippen LogP contribution >= 0.6 is 11.6 Å². The summed E-state index contributed by atoms with van der Waals surface area (Å²) in [6, 6.07) is 7.46. The first-order valence-corrected chi connectivity index (χ1v) is 20.3. The Kier molecular flexibility index (Phi) is 14.2. The van der Waals surface area contributed by atoms with Gasteiger partial charge in [0.15, 0.2) is 0 Å². The SMILES string of the molecule is COc1cc(CCCCO[C@@H]2CCN(C(C(=O)O)c3cc(F)ccc3[C@@H]3CCCCO3)C2)nc2c1CCC(C)C2.COc1cc(Cl)nc2c1CCC(C)C2. The summed E-state index contributed by atoms with van der Waals surface area (Å²) in [5, 5.41) is 10.7. The van der Waals surface area contributed by atoms with Gasteiger partial charge in [-0.15, -0.1) is 0 Å². The second-order valence-corrected chi connectivity index (χ2v) is 16.0. The lowest BCUT2D eigenvalue weighted by atomic mass is 9.87. The van der Waals surface area contributed by atoms with Gasteiger partial charge in [0.25, 0.3) is 0 Å². The lowest BCUT2D eigenvalue weighted by Gasteiger charge is -2.30. The van der Waals surface area contributed by atoms with E-state index in [9.17, 15) is 14.3 Å². The van der Waals surface area contributed by atoms with Crippen molar-refractivity contribution >= 4 is 17.6 Å². The van der Waals surface area contributed by atoms with Crippen LogP contribution in [-0.2, 0) is 46.4 Å². The van der Waals surface area contributed by atoms with Crippen molar-refractivity contribution in [1.82, 2.24) is 14.9 Å². The predicted octanol–water partition coefficient (Wildman–Crippen LogP) is 8.70. The molecule has 4 heterocycles. The van der Waals surface area contributed by atoms with Gasteiger partial charge in [-0.1, -0.05) is 31.5 Å². The molecular weight excluding hydrogens is 709 g/mol. The van der Waals surface area contributed by atoms with E-state index in [1.165, 1.54) is 41.8 Å². The number of halogens is 2. The van der Waals surface area contributed by atoms with Crippen molar-refractivity contribution in [3.8, 4) is 11.5 Å². The Labute approximate surface area is 324 Å². The van der Waals surface area contributed by atoms with E-state index in [1.807, 2.05) is 4.90 Å². The second kappa shape index (κ2) is 19.0. The third-order valence-electron chi connectivity index (χ3n) is 11.5. The van der Waals surface area contributed by atoms with Crippen molar-refractivity contribution in [2.45, 2.75) is 116 Å². The van der Waals surface area contributed by atoms with Crippen LogP contribution in [0.2, 0.25) is 5.15 Å². The Morgan fingerprint density at radius 3 is 2.33 bits per heavy atom. The van der Waals surface area contributed by atoms with Gasteiger partial charge in [-0.3, -0.25) is 14.7 Å². The number of nitrogens with zero attached hydrogens (tertiary/aromatic N) is 3. The van der Waals surface area contributed by atoms with Gasteiger partial charge in [-0.05, 0) is 119 Å². The summed E-state index contributed by atoms with van der Waals surface area (Å²) in [7, 11) is 3.42. The number of aromatic nitrogens is 2. The van der Waals surface area contributed by atoms with Crippen LogP contribution in [0.1, 0.15) is 117 Å². The summed E-state index contributed by atoms with van der Waals surface area (Å²) in [5.74, 6) is 1.84. The molecule has 1 N–H and O–H groups in total. The fraction of sp³-hybridized carbons (Fsp3) is 0.605. The van der Waals surface area contributed by atoms with Gasteiger partial charge in [0.05, 0.1) is 26.4 Å². The first-order valence-electron chi connectivity index (χ1n) is 19.9. The molecule has 7 rings (SSSR count). The van der Waals surface area contributed by atoms with Crippen molar-refractivity contribution in [3.05, 3.63) is 80.6 Å². The zero-order valence-corrected chi connectivity index (χ0v) is 33.1. The molecule has 0 spiro atoms. The van der Waals surface area contributed by atoms with Gasteiger partial charge in [-0.2, -0.15) is 0 Å². The van der Waals surface area contributed by atoms with Crippen LogP contribution in [0.25, 0.3) is 0 Å². The average Bonchev–Trinajstić information content (AvgIpc) is 3.62. The Hall–Kier alpha value is -3.31. The predicted molar refractivity (Wildman–Crippen MR) is 207 cm³/mol. The van der Waals surface area contributed by atoms with Gasteiger partial charge >= 0.3 is 5.97 Å². The largest absolute Gasteiger partial charge is 0.496 e. The lowest BCUT2D eigenvalue weighted by molar-refractivity contribution is -0.143. The maximum Gasteiger partial charge on any atom is 0.325 e. The van der Waals surface area contributed by atoms with Crippen LogP contribution in [0, 0.1) is 17.7 Å². The molecule has 9 nitrogen and oxygen atoms in total. The van der Waals surface area contributed by atoms with Crippen LogP contribution in [0.3, 0.4) is 0 Å². The number of hydrogen-bond acceptors (Lipinski definition) is 8. The van der Waals surface area contributed by atoms with E-state index < -0.39 is 17.8 Å². The van der Waals surface area contributed by atoms with E-state index in [2.05, 4.69) is 24.9 Å². The van der Waals surface area contributed by atoms with Crippen molar-refractivity contribution in [3.63, 3.8) is 0 Å². The molecule has 5 atom stereocenters. The van der Waals surface area contributed by atoms with E-state index in [0.717, 1.165) is 99.1 Å². The van der Waals surface area contributed by atoms with Gasteiger partial charge in [0.2, 0.25) is 0 Å². The molecule has 11 heteroatoms. The number of ether oxygens (including phenoxy) is 4. The number of carboxylic acid groups (broad SMARTS) is 1. The van der Waals surface area contributed by atoms with Crippen molar-refractivity contribution in [2.24, 2.45) is 11.8 Å². The Morgan fingerprint density at radius 1 is 0.963 bits per heavy atom. The Balaban J connectivity index is 0.000000297. The number of aliphatic carboxylic acids is 1. The number of carboxylic acids is 1. The summed E-state index contributed by atoms with van der Waals surface area (Å²) < 4.78 is 37.4. The molecule has 2 aliphatic heterocycles. The molecule has 2 fully saturated rings. The molecule has 3 unspecified atom stereocenters. The highest BCUT2D eigenvalue weighted by Gasteiger charge is 2.37. The average molecular weight is 766 g/mol. The number of rotatable bonds is 12. The van der Waals surface area contributed by atoms with E-state index in [1.54, 1.807) is 26.4 Å². The summed E-state index contributed by atoms with van der Waals surface area (Å²) in [6.45, 7) is 6.91. The number of benzene rings is 1. The van der Waals surface area contributed by atoms with Gasteiger partial charge < -0.3 is 24.1 Å². The van der Waals surface area contributed by atoms with Gasteiger partial charge in [0, 0.05) is 66.6 Å². The van der Waals surface area contributed by atoms with Crippen LogP contribution in [0.4, 0.5) is 4.39 Å². The molecule has 4 aliphatic rings. The number of likely N-dealkylation sites (tertiary alicyclic amines) is 1. The molecule has 0 bridgehead atoms. The zero-order chi connectivity index (χ0) is 38.2. The van der Waals surface area contributed by atoms with Crippen molar-refractivity contribution in [1.29, 1.82) is 0 Å². The number of methoxy groups -OCH3 is 2. The van der Waals surface area contributed by atoms with E-state index >= 15 is 0 Å². The van der Waals surface area contributed by atoms with Crippen LogP contribution < -0.4 is 9.47 Å². The normalized spacial score (nSPS) is 23.1. The fourth-order valence-electron chi connectivity index (χ4n) is 8.56. The maximum atomic E-state index is 14.3. The minimum atomic E-state index is -0.967. The highest BCUT2D eigenvalue weighted by atomic mass is 35.5. The van der Waals surface area contributed by atoms with Crippen molar-refractivity contribution < 1.29 is 33.2 Å². The Morgan fingerprint density at radius 2 is 1.67 bits per heavy atom. The molecule has 0 saturated carbocycles. The topological polar surface area (TPSA) is 103 Å². The number of pyridine rings is 2. The summed E-state index contributed by atoms with van der Waals surface area (Å²) in [4.78, 5) is 23.7. The molecule has 2 saturated heterocycles. The zero-order valence-electron chi connectivity index (χ0n) is 32.4. The lowest BCUT2D eigenvalue weighted by Crippen LogP contribution is -2.34. The van der Waals surface area contributed by atoms with E-state index in [4.69, 9.17) is 35.5 Å². The first-order chi connectivity index (χ1) is 26.1. The van der Waals surface area contributed by atoms with Crippen LogP contribution in [-0.4, -0.2) is 72.6 Å². The van der Waals surface area contributed by atoms with Gasteiger partial charge in [-0.25, -0.2) is 9.37 Å². The summed E-state index contributed by atoms with van der Waals surface area (Å²) >= 11 is 5.92. The fourth-order valence-corrected chi connectivity index (χ4v) is 8.76. The Bertz CT molecular complexity index is 1740. The van der Waals surface area contributed by atoms with Crippen molar-refractivity contribution in [2.75, 3.05) is 40.5 Å². The minimum Gasteiger partial charge on any atom is -0.496 e. The molecule has 0 amide bonds. The summed E-state index contributed by atoms with van der Waals surface area (Å²) in [6.07, 6.45) is 12.7. The number of fused-ring (bicyclic) bond motifs is 2. The maximum absolute atomic E-state index is 14.3. The first kappa shape index (κ1) is 40.4. The molecule has 54 heavy (non-hydrogen) atoms. The third-order valence-corrected chi connectivity index (χ3v) is 11.7. The number of aryl methyl sites for hydroxylation is 1. The standard InChI is InChI=1S/C32H43FN2O5.C11H14ClNO/c1-21-9-11-26-28(17-21)34-23(19-30(26)38-2)7-3-5-15-39-24-13-14-35(20-24)31(32(36)37)27-18-22(33)10-12-25(27)29-8-4-6-16-40-29;1-7-3-4-8-9(5-7)13-11(12)6-10(8)14-2/h10,12,18-19,21,24,29,31H,3-9,11,13-17,20H2,1-2H3,(H,36,37);6-7H,3-5H2,1-2H3/t21?,24-,29+,31?;/m1./s1. The van der Waals surface area contributed by atoms with Crippen LogP contribution in [0.15, 0.2) is 30.3 Å². The van der Waals surface area contributed by atoms with E-state index in [-0.39, 0.29) is 12.2 Å². The highest BCUT2D eigenvalue weighted by molar-refractivity contribution is 6.29. The number of hydrogen-bond donors (Lipinski definition) is 1. The molecule has 1 aromatic carbocycles. The van der Waals surface area contributed by atoms with E-state index in [0.29, 0.717) is 48.9 Å². The molecule has 2 aliphatic carbocycles. The molecule has 3 aromatic rings. The quantitative estimate of drug-likeness (QED) is 0.143. The molecule has 2 aromatic heterocycles. The monoisotopic (exact) mass is 765 g/mol. The molecule has 294 valence electrons. The second-order valence-electron chi connectivity index (χ2n) is 15.6.